The van der Waals surface area contributed by atoms with Crippen molar-refractivity contribution in [2.75, 3.05) is 13.1 Å². The Hall–Kier alpha value is -2.70. The van der Waals surface area contributed by atoms with Crippen molar-refractivity contribution < 1.29 is 14.1 Å². The summed E-state index contributed by atoms with van der Waals surface area (Å²) in [6, 6.07) is 6.91. The Labute approximate surface area is 171 Å². The number of carbonyl (C=O) groups is 2. The monoisotopic (exact) mass is 398 g/mol. The molecule has 3 rings (SSSR count). The summed E-state index contributed by atoms with van der Waals surface area (Å²) >= 11 is 0. The molecule has 0 saturated carbocycles. The number of benzene rings is 1. The lowest BCUT2D eigenvalue weighted by Crippen LogP contribution is -2.51. The highest BCUT2D eigenvalue weighted by atomic mass is 16.5. The van der Waals surface area contributed by atoms with Gasteiger partial charge in [-0.05, 0) is 50.7 Å². The number of aryl methyl sites for hydroxylation is 2. The molecule has 1 aromatic carbocycles. The predicted octanol–water partition coefficient (Wildman–Crippen LogP) is 3.24. The lowest BCUT2D eigenvalue weighted by Gasteiger charge is -2.33. The fraction of sp³-hybridized carbons (Fsp3) is 0.545. The summed E-state index contributed by atoms with van der Waals surface area (Å²) < 4.78 is 5.29. The van der Waals surface area contributed by atoms with Gasteiger partial charge in [0.05, 0.1) is 0 Å². The molecule has 1 aliphatic heterocycles. The minimum absolute atomic E-state index is 0.0132. The van der Waals surface area contributed by atoms with Crippen LogP contribution in [0.1, 0.15) is 66.7 Å². The average Bonchev–Trinajstić information content (AvgIpc) is 3.13. The standard InChI is InChI=1S/C22H30N4O3/c1-14(2)13-19(24-20(27)18-8-6-5-7-15(18)3)22(28)26-11-9-17(10-12-26)21-23-16(4)25-29-21/h5-8,14,17,19H,9-13H2,1-4H3,(H,24,27). The van der Waals surface area contributed by atoms with Crippen LogP contribution in [0.5, 0.6) is 0 Å². The minimum atomic E-state index is -0.524. The highest BCUT2D eigenvalue weighted by Crippen LogP contribution is 2.27. The number of piperidine rings is 1. The third-order valence-corrected chi connectivity index (χ3v) is 5.40. The number of hydrogen-bond donors (Lipinski definition) is 1. The summed E-state index contributed by atoms with van der Waals surface area (Å²) in [4.78, 5) is 32.1. The molecule has 0 spiro atoms. The molecule has 1 aromatic heterocycles. The Morgan fingerprint density at radius 3 is 2.48 bits per heavy atom. The van der Waals surface area contributed by atoms with Crippen molar-refractivity contribution in [3.05, 3.63) is 47.1 Å². The van der Waals surface area contributed by atoms with E-state index in [0.717, 1.165) is 18.4 Å². The molecule has 0 bridgehead atoms. The van der Waals surface area contributed by atoms with E-state index in [4.69, 9.17) is 4.52 Å². The number of likely N-dealkylation sites (tertiary alicyclic amines) is 1. The highest BCUT2D eigenvalue weighted by molar-refractivity contribution is 5.98. The molecule has 2 aromatic rings. The smallest absolute Gasteiger partial charge is 0.252 e. The van der Waals surface area contributed by atoms with E-state index < -0.39 is 6.04 Å². The number of carbonyl (C=O) groups excluding carboxylic acids is 2. The zero-order chi connectivity index (χ0) is 21.0. The second-order valence-electron chi connectivity index (χ2n) is 8.25. The largest absolute Gasteiger partial charge is 0.341 e. The zero-order valence-electron chi connectivity index (χ0n) is 17.6. The molecular weight excluding hydrogens is 368 g/mol. The molecule has 2 amide bonds. The lowest BCUT2D eigenvalue weighted by atomic mass is 9.95. The molecule has 1 aliphatic rings. The van der Waals surface area contributed by atoms with Gasteiger partial charge in [0.15, 0.2) is 5.82 Å². The second kappa shape index (κ2) is 9.20. The number of nitrogens with zero attached hydrogens (tertiary/aromatic N) is 3. The fourth-order valence-corrected chi connectivity index (χ4v) is 3.80. The van der Waals surface area contributed by atoms with Gasteiger partial charge in [-0.25, -0.2) is 0 Å². The lowest BCUT2D eigenvalue weighted by molar-refractivity contribution is -0.134. The van der Waals surface area contributed by atoms with Crippen LogP contribution < -0.4 is 5.32 Å². The van der Waals surface area contributed by atoms with E-state index in [1.165, 1.54) is 0 Å². The zero-order valence-corrected chi connectivity index (χ0v) is 17.6. The van der Waals surface area contributed by atoms with E-state index in [0.29, 0.717) is 42.7 Å². The Morgan fingerprint density at radius 1 is 1.21 bits per heavy atom. The summed E-state index contributed by atoms with van der Waals surface area (Å²) in [6.07, 6.45) is 2.18. The molecule has 156 valence electrons. The van der Waals surface area contributed by atoms with Crippen molar-refractivity contribution in [3.8, 4) is 0 Å². The van der Waals surface area contributed by atoms with E-state index in [-0.39, 0.29) is 17.7 Å². The normalized spacial score (nSPS) is 16.1. The van der Waals surface area contributed by atoms with Crippen LogP contribution in [-0.4, -0.2) is 46.0 Å². The summed E-state index contributed by atoms with van der Waals surface area (Å²) in [5, 5.41) is 6.84. The van der Waals surface area contributed by atoms with Crippen LogP contribution in [0.25, 0.3) is 0 Å². The first-order valence-corrected chi connectivity index (χ1v) is 10.3. The maximum atomic E-state index is 13.2. The van der Waals surface area contributed by atoms with Crippen LogP contribution >= 0.6 is 0 Å². The summed E-state index contributed by atoms with van der Waals surface area (Å²) in [5.41, 5.74) is 1.51. The Bertz CT molecular complexity index is 853. The molecule has 1 N–H and O–H groups in total. The van der Waals surface area contributed by atoms with E-state index >= 15 is 0 Å². The molecule has 1 atom stereocenters. The second-order valence-corrected chi connectivity index (χ2v) is 8.25. The number of amides is 2. The van der Waals surface area contributed by atoms with Gasteiger partial charge in [-0.15, -0.1) is 0 Å². The third-order valence-electron chi connectivity index (χ3n) is 5.40. The van der Waals surface area contributed by atoms with Crippen LogP contribution in [0.15, 0.2) is 28.8 Å². The first kappa shape index (κ1) is 21.0. The van der Waals surface area contributed by atoms with Gasteiger partial charge in [-0.3, -0.25) is 9.59 Å². The maximum absolute atomic E-state index is 13.2. The maximum Gasteiger partial charge on any atom is 0.252 e. The van der Waals surface area contributed by atoms with Crippen molar-refractivity contribution in [3.63, 3.8) is 0 Å². The predicted molar refractivity (Wildman–Crippen MR) is 109 cm³/mol. The summed E-state index contributed by atoms with van der Waals surface area (Å²) in [6.45, 7) is 9.08. The highest BCUT2D eigenvalue weighted by Gasteiger charge is 2.32. The van der Waals surface area contributed by atoms with Crippen molar-refractivity contribution >= 4 is 11.8 Å². The average molecular weight is 399 g/mol. The van der Waals surface area contributed by atoms with Gasteiger partial charge in [0.2, 0.25) is 11.8 Å². The van der Waals surface area contributed by atoms with Gasteiger partial charge in [-0.2, -0.15) is 4.98 Å². The van der Waals surface area contributed by atoms with Crippen LogP contribution in [0, 0.1) is 19.8 Å². The minimum Gasteiger partial charge on any atom is -0.341 e. The van der Waals surface area contributed by atoms with E-state index in [1.54, 1.807) is 13.0 Å². The first-order chi connectivity index (χ1) is 13.8. The number of aromatic nitrogens is 2. The van der Waals surface area contributed by atoms with Gasteiger partial charge >= 0.3 is 0 Å². The van der Waals surface area contributed by atoms with Crippen LogP contribution in [0.4, 0.5) is 0 Å². The molecule has 1 fully saturated rings. The van der Waals surface area contributed by atoms with Crippen molar-refractivity contribution in [1.29, 1.82) is 0 Å². The van der Waals surface area contributed by atoms with Crippen LogP contribution in [0.3, 0.4) is 0 Å². The molecule has 2 heterocycles. The van der Waals surface area contributed by atoms with Gasteiger partial charge in [0.25, 0.3) is 5.91 Å². The molecule has 0 radical (unpaired) electrons. The van der Waals surface area contributed by atoms with Gasteiger partial charge in [0.1, 0.15) is 6.04 Å². The Balaban J connectivity index is 1.65. The number of hydrogen-bond acceptors (Lipinski definition) is 5. The van der Waals surface area contributed by atoms with Crippen molar-refractivity contribution in [2.24, 2.45) is 5.92 Å². The fourth-order valence-electron chi connectivity index (χ4n) is 3.80. The molecular formula is C22H30N4O3. The molecule has 1 saturated heterocycles. The number of nitrogens with one attached hydrogen (secondary N) is 1. The molecule has 0 aliphatic carbocycles. The topological polar surface area (TPSA) is 88.3 Å². The molecule has 7 nitrogen and oxygen atoms in total. The Morgan fingerprint density at radius 2 is 1.90 bits per heavy atom. The summed E-state index contributed by atoms with van der Waals surface area (Å²) in [5.74, 6) is 1.56. The van der Waals surface area contributed by atoms with Crippen LogP contribution in [0.2, 0.25) is 0 Å². The van der Waals surface area contributed by atoms with Gasteiger partial charge in [-0.1, -0.05) is 37.2 Å². The molecule has 29 heavy (non-hydrogen) atoms. The van der Waals surface area contributed by atoms with Crippen molar-refractivity contribution in [1.82, 2.24) is 20.4 Å². The number of rotatable bonds is 6. The van der Waals surface area contributed by atoms with Gasteiger partial charge in [0, 0.05) is 24.6 Å². The summed E-state index contributed by atoms with van der Waals surface area (Å²) in [7, 11) is 0. The molecule has 7 heteroatoms. The van der Waals surface area contributed by atoms with Gasteiger partial charge < -0.3 is 14.7 Å². The third kappa shape index (κ3) is 5.22. The van der Waals surface area contributed by atoms with Crippen molar-refractivity contribution in [2.45, 2.75) is 58.9 Å². The van der Waals surface area contributed by atoms with E-state index in [9.17, 15) is 9.59 Å². The first-order valence-electron chi connectivity index (χ1n) is 10.3. The Kier molecular flexibility index (Phi) is 6.67. The van der Waals surface area contributed by atoms with E-state index in [2.05, 4.69) is 29.3 Å². The van der Waals surface area contributed by atoms with E-state index in [1.807, 2.05) is 30.0 Å². The quantitative estimate of drug-likeness (QED) is 0.807. The van der Waals surface area contributed by atoms with Crippen LogP contribution in [-0.2, 0) is 4.79 Å². The molecule has 1 unspecified atom stereocenters. The SMILES string of the molecule is Cc1noc(C2CCN(C(=O)C(CC(C)C)NC(=O)c3ccccc3C)CC2)n1.